The van der Waals surface area contributed by atoms with Crippen LogP contribution in [0.25, 0.3) is 0 Å². The number of benzene rings is 2. The van der Waals surface area contributed by atoms with Crippen LogP contribution in [0.5, 0.6) is 11.5 Å². The summed E-state index contributed by atoms with van der Waals surface area (Å²) in [6.45, 7) is 0. The molecule has 8 heteroatoms. The van der Waals surface area contributed by atoms with Gasteiger partial charge in [-0.25, -0.2) is 4.39 Å². The van der Waals surface area contributed by atoms with E-state index >= 15 is 0 Å². The molecule has 0 unspecified atom stereocenters. The Kier molecular flexibility index (Phi) is 4.98. The zero-order valence-electron chi connectivity index (χ0n) is 15.0. The van der Waals surface area contributed by atoms with Gasteiger partial charge in [-0.05, 0) is 37.0 Å². The minimum absolute atomic E-state index is 0.119. The van der Waals surface area contributed by atoms with Crippen LogP contribution in [0.15, 0.2) is 36.4 Å². The molecule has 1 saturated carbocycles. The molecule has 0 heterocycles. The Hall–Kier alpha value is -3.16. The van der Waals surface area contributed by atoms with Gasteiger partial charge < -0.3 is 14.8 Å². The van der Waals surface area contributed by atoms with Crippen molar-refractivity contribution < 1.29 is 23.6 Å². The zero-order chi connectivity index (χ0) is 19.6. The second-order valence-electron chi connectivity index (χ2n) is 6.38. The number of carbonyl (C=O) groups is 1. The number of nitrogens with zero attached hydrogens (tertiary/aromatic N) is 1. The maximum Gasteiger partial charge on any atom is 0.286 e. The monoisotopic (exact) mass is 374 g/mol. The van der Waals surface area contributed by atoms with Gasteiger partial charge in [0, 0.05) is 6.07 Å². The number of halogens is 1. The summed E-state index contributed by atoms with van der Waals surface area (Å²) < 4.78 is 23.5. The van der Waals surface area contributed by atoms with Crippen molar-refractivity contribution in [3.63, 3.8) is 0 Å². The van der Waals surface area contributed by atoms with Crippen molar-refractivity contribution >= 4 is 11.6 Å². The average molecular weight is 374 g/mol. The Labute approximate surface area is 155 Å². The number of rotatable bonds is 6. The predicted octanol–water partition coefficient (Wildman–Crippen LogP) is 3.56. The van der Waals surface area contributed by atoms with Crippen LogP contribution in [0.1, 0.15) is 35.2 Å². The lowest BCUT2D eigenvalue weighted by atomic mass is 9.71. The van der Waals surface area contributed by atoms with Crippen molar-refractivity contribution in [1.82, 2.24) is 5.32 Å². The van der Waals surface area contributed by atoms with E-state index in [1.54, 1.807) is 12.1 Å². The lowest BCUT2D eigenvalue weighted by Crippen LogP contribution is -2.50. The zero-order valence-corrected chi connectivity index (χ0v) is 15.0. The molecule has 2 aromatic carbocycles. The van der Waals surface area contributed by atoms with Gasteiger partial charge in [0.2, 0.25) is 0 Å². The van der Waals surface area contributed by atoms with Crippen LogP contribution in [0, 0.1) is 15.9 Å². The molecule has 1 aliphatic rings. The van der Waals surface area contributed by atoms with Gasteiger partial charge in [-0.1, -0.05) is 12.1 Å². The molecule has 0 atom stereocenters. The quantitative estimate of drug-likeness (QED) is 0.617. The number of carbonyl (C=O) groups excluding carboxylic acids is 1. The van der Waals surface area contributed by atoms with Crippen LogP contribution in [0.4, 0.5) is 10.1 Å². The van der Waals surface area contributed by atoms with E-state index in [4.69, 9.17) is 9.47 Å². The standard InChI is InChI=1S/C19H19FN2O5/c1-26-16-10-14(15(22(24)25)11-17(16)27-2)18(23)21-19(8-3-9-19)12-4-6-13(20)7-5-12/h4-7,10-11H,3,8-9H2,1-2H3,(H,21,23). The molecule has 7 nitrogen and oxygen atoms in total. The van der Waals surface area contributed by atoms with E-state index in [0.717, 1.165) is 12.0 Å². The highest BCUT2D eigenvalue weighted by molar-refractivity contribution is 5.99. The summed E-state index contributed by atoms with van der Waals surface area (Å²) in [6, 6.07) is 8.37. The lowest BCUT2D eigenvalue weighted by Gasteiger charge is -2.43. The number of hydrogen-bond donors (Lipinski definition) is 1. The van der Waals surface area contributed by atoms with Crippen molar-refractivity contribution in [2.45, 2.75) is 24.8 Å². The Balaban J connectivity index is 1.97. The van der Waals surface area contributed by atoms with Crippen molar-refractivity contribution in [3.05, 3.63) is 63.5 Å². The molecule has 1 fully saturated rings. The highest BCUT2D eigenvalue weighted by atomic mass is 19.1. The maximum absolute atomic E-state index is 13.2. The number of amides is 1. The van der Waals surface area contributed by atoms with Gasteiger partial charge in [0.25, 0.3) is 11.6 Å². The van der Waals surface area contributed by atoms with Gasteiger partial charge >= 0.3 is 0 Å². The van der Waals surface area contributed by atoms with Gasteiger partial charge in [-0.3, -0.25) is 14.9 Å². The van der Waals surface area contributed by atoms with Crippen molar-refractivity contribution in [2.75, 3.05) is 14.2 Å². The number of ether oxygens (including phenoxy) is 2. The molecule has 0 bridgehead atoms. The number of nitro benzene ring substituents is 1. The summed E-state index contributed by atoms with van der Waals surface area (Å²) in [7, 11) is 2.75. The van der Waals surface area contributed by atoms with E-state index in [1.807, 2.05) is 0 Å². The van der Waals surface area contributed by atoms with E-state index in [1.165, 1.54) is 38.5 Å². The normalized spacial score (nSPS) is 14.8. The fourth-order valence-corrected chi connectivity index (χ4v) is 3.27. The summed E-state index contributed by atoms with van der Waals surface area (Å²) in [5.74, 6) is -0.572. The Bertz CT molecular complexity index is 878. The molecule has 142 valence electrons. The Morgan fingerprint density at radius 2 is 1.74 bits per heavy atom. The Morgan fingerprint density at radius 1 is 1.15 bits per heavy atom. The second kappa shape index (κ2) is 7.22. The van der Waals surface area contributed by atoms with Crippen molar-refractivity contribution in [1.29, 1.82) is 0 Å². The molecule has 27 heavy (non-hydrogen) atoms. The Morgan fingerprint density at radius 3 is 2.22 bits per heavy atom. The molecule has 1 aliphatic carbocycles. The molecular weight excluding hydrogens is 355 g/mol. The first-order valence-electron chi connectivity index (χ1n) is 8.39. The SMILES string of the molecule is COc1cc(C(=O)NC2(c3ccc(F)cc3)CCC2)c([N+](=O)[O-])cc1OC. The smallest absolute Gasteiger partial charge is 0.286 e. The molecule has 2 aromatic rings. The van der Waals surface area contributed by atoms with Gasteiger partial charge in [-0.2, -0.15) is 0 Å². The van der Waals surface area contributed by atoms with Gasteiger partial charge in [0.05, 0.1) is 30.7 Å². The molecule has 1 amide bonds. The highest BCUT2D eigenvalue weighted by Gasteiger charge is 2.41. The first-order chi connectivity index (χ1) is 12.9. The van der Waals surface area contributed by atoms with E-state index in [9.17, 15) is 19.3 Å². The fraction of sp³-hybridized carbons (Fsp3) is 0.316. The molecule has 0 radical (unpaired) electrons. The lowest BCUT2D eigenvalue weighted by molar-refractivity contribution is -0.385. The van der Waals surface area contributed by atoms with Crippen LogP contribution < -0.4 is 14.8 Å². The summed E-state index contributed by atoms with van der Waals surface area (Å²) in [5.41, 5.74) is -0.386. The molecular formula is C19H19FN2O5. The third kappa shape index (κ3) is 3.42. The van der Waals surface area contributed by atoms with Crippen LogP contribution >= 0.6 is 0 Å². The number of nitrogens with one attached hydrogen (secondary N) is 1. The summed E-state index contributed by atoms with van der Waals surface area (Å²) in [5, 5.41) is 14.3. The van der Waals surface area contributed by atoms with Gasteiger partial charge in [0.1, 0.15) is 11.4 Å². The van der Waals surface area contributed by atoms with Crippen LogP contribution in [-0.2, 0) is 5.54 Å². The van der Waals surface area contributed by atoms with Crippen molar-refractivity contribution in [2.24, 2.45) is 0 Å². The van der Waals surface area contributed by atoms with E-state index < -0.39 is 16.4 Å². The molecule has 0 spiro atoms. The first kappa shape index (κ1) is 18.6. The fourth-order valence-electron chi connectivity index (χ4n) is 3.27. The second-order valence-corrected chi connectivity index (χ2v) is 6.38. The summed E-state index contributed by atoms with van der Waals surface area (Å²) in [4.78, 5) is 23.7. The van der Waals surface area contributed by atoms with Crippen molar-refractivity contribution in [3.8, 4) is 11.5 Å². The largest absolute Gasteiger partial charge is 0.493 e. The van der Waals surface area contributed by atoms with Crippen LogP contribution in [0.3, 0.4) is 0 Å². The topological polar surface area (TPSA) is 90.7 Å². The van der Waals surface area contributed by atoms with Crippen LogP contribution in [0.2, 0.25) is 0 Å². The van der Waals surface area contributed by atoms with Gasteiger partial charge in [0.15, 0.2) is 11.5 Å². The molecule has 0 aromatic heterocycles. The van der Waals surface area contributed by atoms with E-state index in [-0.39, 0.29) is 28.6 Å². The third-order valence-electron chi connectivity index (χ3n) is 4.90. The summed E-state index contributed by atoms with van der Waals surface area (Å²) in [6.07, 6.45) is 2.24. The highest BCUT2D eigenvalue weighted by Crippen LogP contribution is 2.42. The first-order valence-corrected chi connectivity index (χ1v) is 8.39. The molecule has 1 N–H and O–H groups in total. The van der Waals surface area contributed by atoms with E-state index in [0.29, 0.717) is 12.8 Å². The molecule has 0 saturated heterocycles. The average Bonchev–Trinajstić information content (AvgIpc) is 2.64. The number of nitro groups is 1. The summed E-state index contributed by atoms with van der Waals surface area (Å²) >= 11 is 0. The maximum atomic E-state index is 13.2. The number of hydrogen-bond acceptors (Lipinski definition) is 5. The molecule has 3 rings (SSSR count). The van der Waals surface area contributed by atoms with Crippen LogP contribution in [-0.4, -0.2) is 25.1 Å². The third-order valence-corrected chi connectivity index (χ3v) is 4.90. The number of methoxy groups -OCH3 is 2. The predicted molar refractivity (Wildman–Crippen MR) is 95.6 cm³/mol. The van der Waals surface area contributed by atoms with Gasteiger partial charge in [-0.15, -0.1) is 0 Å². The minimum Gasteiger partial charge on any atom is -0.493 e. The molecule has 0 aliphatic heterocycles. The minimum atomic E-state index is -0.661. The van der Waals surface area contributed by atoms with E-state index in [2.05, 4.69) is 5.32 Å².